The lowest BCUT2D eigenvalue weighted by Gasteiger charge is -2.43. The molecule has 6 nitrogen and oxygen atoms in total. The van der Waals surface area contributed by atoms with Gasteiger partial charge in [-0.2, -0.15) is 0 Å². The quantitative estimate of drug-likeness (QED) is 0.0757. The molecular formula is C25H44NO5P3Si. The number of nitrogens with two attached hydrogens (primary N) is 1. The van der Waals surface area contributed by atoms with Crippen molar-refractivity contribution in [3.63, 3.8) is 0 Å². The molecule has 0 aromatic carbocycles. The fourth-order valence-electron chi connectivity index (χ4n) is 3.86. The van der Waals surface area contributed by atoms with E-state index in [1.165, 1.54) is 6.08 Å². The highest BCUT2D eigenvalue weighted by atomic mass is 32.0. The average Bonchev–Trinajstić information content (AvgIpc) is 2.85. The molecule has 0 spiro atoms. The third-order valence-electron chi connectivity index (χ3n) is 6.33. The number of esters is 1. The summed E-state index contributed by atoms with van der Waals surface area (Å²) in [7, 11) is 3.14. The molecule has 3 unspecified atom stereocenters. The smallest absolute Gasteiger partial charge is 0.331 e. The number of carbonyl (C=O) groups is 1. The molecule has 0 amide bonds. The van der Waals surface area contributed by atoms with Gasteiger partial charge in [0.2, 0.25) is 0 Å². The summed E-state index contributed by atoms with van der Waals surface area (Å²) < 4.78 is 23.3. The number of allylic oxidation sites excluding steroid dienone is 4. The molecule has 0 fully saturated rings. The summed E-state index contributed by atoms with van der Waals surface area (Å²) in [6, 6.07) is 2.74. The van der Waals surface area contributed by atoms with Gasteiger partial charge < -0.3 is 23.9 Å². The first kappa shape index (κ1) is 32.5. The topological polar surface area (TPSA) is 80.0 Å². The molecule has 1 heterocycles. The van der Waals surface area contributed by atoms with E-state index in [0.717, 1.165) is 18.1 Å². The van der Waals surface area contributed by atoms with Crippen molar-refractivity contribution in [3.05, 3.63) is 60.8 Å². The van der Waals surface area contributed by atoms with Gasteiger partial charge >= 0.3 is 5.97 Å². The maximum Gasteiger partial charge on any atom is 0.331 e. The van der Waals surface area contributed by atoms with E-state index in [0.29, 0.717) is 19.4 Å². The van der Waals surface area contributed by atoms with Crippen LogP contribution in [0.25, 0.3) is 0 Å². The Labute approximate surface area is 219 Å². The minimum atomic E-state index is -1.98. The molecule has 0 aromatic rings. The number of hydrogen-bond donors (Lipinski definition) is 1. The van der Waals surface area contributed by atoms with Gasteiger partial charge in [0.15, 0.2) is 8.32 Å². The zero-order valence-corrected chi connectivity index (χ0v) is 25.8. The number of hydrogen-bond acceptors (Lipinski definition) is 6. The maximum atomic E-state index is 11.7. The predicted molar refractivity (Wildman–Crippen MR) is 158 cm³/mol. The van der Waals surface area contributed by atoms with Crippen LogP contribution in [0.15, 0.2) is 60.8 Å². The Bertz CT molecular complexity index is 762. The lowest BCUT2D eigenvalue weighted by molar-refractivity contribution is -0.141. The first-order valence-electron chi connectivity index (χ1n) is 12.2. The second-order valence-corrected chi connectivity index (χ2v) is 14.9. The summed E-state index contributed by atoms with van der Waals surface area (Å²) in [4.78, 5) is 11.7. The van der Waals surface area contributed by atoms with Crippen molar-refractivity contribution in [1.29, 1.82) is 0 Å². The van der Waals surface area contributed by atoms with Crippen LogP contribution in [0, 0.1) is 0 Å². The van der Waals surface area contributed by atoms with Gasteiger partial charge in [-0.25, -0.2) is 4.79 Å². The van der Waals surface area contributed by atoms with E-state index in [4.69, 9.17) is 23.9 Å². The highest BCUT2D eigenvalue weighted by molar-refractivity contribution is 8.00. The van der Waals surface area contributed by atoms with Crippen molar-refractivity contribution < 1.29 is 23.0 Å². The molecule has 1 aliphatic heterocycles. The van der Waals surface area contributed by atoms with E-state index in [1.807, 2.05) is 54.7 Å². The third-order valence-corrected chi connectivity index (χ3v) is 12.1. The molecule has 198 valence electrons. The van der Waals surface area contributed by atoms with E-state index in [1.54, 1.807) is 0 Å². The summed E-state index contributed by atoms with van der Waals surface area (Å²) >= 11 is 0. The fraction of sp³-hybridized carbons (Fsp3) is 0.560. The van der Waals surface area contributed by atoms with Crippen LogP contribution in [0.3, 0.4) is 0 Å². The lowest BCUT2D eigenvalue weighted by Crippen LogP contribution is -2.55. The molecule has 7 atom stereocenters. The van der Waals surface area contributed by atoms with E-state index >= 15 is 0 Å². The second kappa shape index (κ2) is 17.9. The van der Waals surface area contributed by atoms with Crippen LogP contribution < -0.4 is 5.73 Å². The number of cyclic esters (lactones) is 1. The Morgan fingerprint density at radius 3 is 2.54 bits per heavy atom. The Morgan fingerprint density at radius 1 is 1.26 bits per heavy atom. The van der Waals surface area contributed by atoms with Crippen LogP contribution in [-0.2, 0) is 23.0 Å². The molecule has 1 aliphatic rings. The normalized spacial score (nSPS) is 21.1. The number of rotatable bonds is 17. The van der Waals surface area contributed by atoms with Gasteiger partial charge in [0.1, 0.15) is 6.10 Å². The largest absolute Gasteiger partial charge is 0.455 e. The van der Waals surface area contributed by atoms with Crippen molar-refractivity contribution >= 4 is 41.2 Å². The molecule has 0 saturated carbocycles. The minimum Gasteiger partial charge on any atom is -0.455 e. The highest BCUT2D eigenvalue weighted by Gasteiger charge is 2.41. The Balaban J connectivity index is 3.09. The molecule has 0 aliphatic carbocycles. The van der Waals surface area contributed by atoms with E-state index in [2.05, 4.69) is 46.1 Å². The summed E-state index contributed by atoms with van der Waals surface area (Å²) in [6.45, 7) is 9.23. The van der Waals surface area contributed by atoms with Crippen molar-refractivity contribution in [2.75, 3.05) is 6.61 Å². The SMILES string of the molecule is CC[Si](CC)(CC)O[C@](C)(/C=C/[C@H]1CC=CC(=O)O1)[C@H](N)C[C@H](\C=C/C=C\C=C\COP)OPP. The van der Waals surface area contributed by atoms with Crippen LogP contribution >= 0.6 is 26.9 Å². The Kier molecular flexibility index (Phi) is 16.6. The molecule has 35 heavy (non-hydrogen) atoms. The van der Waals surface area contributed by atoms with Gasteiger partial charge in [0, 0.05) is 36.5 Å². The molecule has 2 N–H and O–H groups in total. The van der Waals surface area contributed by atoms with Crippen LogP contribution in [0.2, 0.25) is 18.1 Å². The molecule has 0 bridgehead atoms. The van der Waals surface area contributed by atoms with Crippen LogP contribution in [-0.4, -0.2) is 44.7 Å². The van der Waals surface area contributed by atoms with Gasteiger partial charge in [-0.05, 0) is 37.6 Å². The third kappa shape index (κ3) is 12.1. The summed E-state index contributed by atoms with van der Waals surface area (Å²) in [5.41, 5.74) is 6.13. The van der Waals surface area contributed by atoms with Crippen LogP contribution in [0.4, 0.5) is 0 Å². The van der Waals surface area contributed by atoms with Crippen molar-refractivity contribution in [3.8, 4) is 0 Å². The van der Waals surface area contributed by atoms with Gasteiger partial charge in [-0.15, -0.1) is 0 Å². The zero-order valence-electron chi connectivity index (χ0n) is 21.5. The van der Waals surface area contributed by atoms with Crippen molar-refractivity contribution in [2.24, 2.45) is 5.73 Å². The van der Waals surface area contributed by atoms with Crippen LogP contribution in [0.5, 0.6) is 0 Å². The first-order valence-corrected chi connectivity index (χ1v) is 17.9. The van der Waals surface area contributed by atoms with Gasteiger partial charge in [-0.1, -0.05) is 78.3 Å². The van der Waals surface area contributed by atoms with E-state index in [-0.39, 0.29) is 32.7 Å². The monoisotopic (exact) mass is 559 g/mol. The Morgan fingerprint density at radius 2 is 1.94 bits per heavy atom. The van der Waals surface area contributed by atoms with Crippen molar-refractivity contribution in [2.45, 2.75) is 82.5 Å². The van der Waals surface area contributed by atoms with E-state index < -0.39 is 13.9 Å². The first-order chi connectivity index (χ1) is 16.8. The molecular weight excluding hydrogens is 515 g/mol. The second-order valence-electron chi connectivity index (χ2n) is 8.65. The molecule has 1 rings (SSSR count). The predicted octanol–water partition coefficient (Wildman–Crippen LogP) is 6.16. The van der Waals surface area contributed by atoms with Crippen molar-refractivity contribution in [1.82, 2.24) is 0 Å². The van der Waals surface area contributed by atoms with Gasteiger partial charge in [0.05, 0.1) is 18.3 Å². The average molecular weight is 560 g/mol. The molecule has 10 heteroatoms. The fourth-order valence-corrected chi connectivity index (χ4v) is 7.93. The van der Waals surface area contributed by atoms with Crippen LogP contribution in [0.1, 0.15) is 40.5 Å². The van der Waals surface area contributed by atoms with E-state index in [9.17, 15) is 4.79 Å². The Hall–Kier alpha value is -0.483. The molecule has 0 saturated heterocycles. The lowest BCUT2D eigenvalue weighted by atomic mass is 9.91. The standard InChI is InChI=1S/C25H44NO5P3Si/c1-5-35(6-2,7-3)31-25(4,18-17-21-15-13-16-24(27)29-21)23(26)20-22(30-34-33)14-11-9-8-10-12-19-28-32/h8-14,16-18,21-23,34H,5-7,15,19-20,26,32-33H2,1-4H3/b9-8-,12-10+,14-11-,18-17+/t21-,22+,23-,25-/m1/s1. The highest BCUT2D eigenvalue weighted by Crippen LogP contribution is 2.34. The maximum absolute atomic E-state index is 11.7. The zero-order chi connectivity index (χ0) is 26.2. The summed E-state index contributed by atoms with van der Waals surface area (Å²) in [5.74, 6) is -0.318. The van der Waals surface area contributed by atoms with Gasteiger partial charge in [0.25, 0.3) is 0 Å². The number of ether oxygens (including phenoxy) is 1. The molecule has 0 aromatic heterocycles. The summed E-state index contributed by atoms with van der Waals surface area (Å²) in [5, 5.41) is 0. The molecule has 0 radical (unpaired) electrons. The number of carbonyl (C=O) groups excluding carboxylic acids is 1. The van der Waals surface area contributed by atoms with Gasteiger partial charge in [-0.3, -0.25) is 0 Å². The summed E-state index contributed by atoms with van der Waals surface area (Å²) in [6.07, 6.45) is 19.8. The minimum absolute atomic E-state index is 0.155.